The summed E-state index contributed by atoms with van der Waals surface area (Å²) in [4.78, 5) is 12.2. The smallest absolute Gasteiger partial charge is 0.254 e. The number of carbonyl (C=O) groups excluding carboxylic acids is 1. The predicted molar refractivity (Wildman–Crippen MR) is 78.1 cm³/mol. The van der Waals surface area contributed by atoms with Crippen LogP contribution in [0.3, 0.4) is 0 Å². The Kier molecular flexibility index (Phi) is 4.97. The van der Waals surface area contributed by atoms with Crippen LogP contribution in [0.5, 0.6) is 0 Å². The zero-order valence-corrected chi connectivity index (χ0v) is 13.4. The number of hydrogen-bond donors (Lipinski definition) is 1. The van der Waals surface area contributed by atoms with E-state index in [0.29, 0.717) is 23.0 Å². The topological polar surface area (TPSA) is 38.3 Å². The maximum atomic E-state index is 13.8. The molecule has 0 saturated carbocycles. The summed E-state index contributed by atoms with van der Waals surface area (Å²) >= 11 is 6.60. The molecule has 19 heavy (non-hydrogen) atoms. The van der Waals surface area contributed by atoms with Gasteiger partial charge in [-0.1, -0.05) is 31.9 Å². The lowest BCUT2D eigenvalue weighted by molar-refractivity contribution is 0.0440. The molecule has 1 saturated heterocycles. The summed E-state index contributed by atoms with van der Waals surface area (Å²) in [7, 11) is 0. The summed E-state index contributed by atoms with van der Waals surface area (Å²) in [6, 6.07) is 4.43. The van der Waals surface area contributed by atoms with E-state index in [2.05, 4.69) is 37.2 Å². The minimum Gasteiger partial charge on any atom is -0.381 e. The van der Waals surface area contributed by atoms with Gasteiger partial charge in [0.05, 0.1) is 11.1 Å². The zero-order valence-electron chi connectivity index (χ0n) is 10.2. The molecule has 1 heterocycles. The van der Waals surface area contributed by atoms with E-state index in [1.807, 2.05) is 0 Å². The first-order valence-electron chi connectivity index (χ1n) is 5.98. The Labute approximate surface area is 128 Å². The second kappa shape index (κ2) is 6.33. The third-order valence-electron chi connectivity index (χ3n) is 3.26. The second-order valence-corrected chi connectivity index (χ2v) is 6.08. The van der Waals surface area contributed by atoms with Crippen LogP contribution < -0.4 is 5.32 Å². The summed E-state index contributed by atoms with van der Waals surface area (Å²) < 4.78 is 19.7. The maximum Gasteiger partial charge on any atom is 0.254 e. The van der Waals surface area contributed by atoms with Crippen molar-refractivity contribution < 1.29 is 13.9 Å². The molecular formula is C13H14Br2FNO2. The van der Waals surface area contributed by atoms with Gasteiger partial charge in [-0.25, -0.2) is 4.39 Å². The van der Waals surface area contributed by atoms with E-state index < -0.39 is 5.82 Å². The van der Waals surface area contributed by atoms with Gasteiger partial charge in [-0.3, -0.25) is 4.79 Å². The molecule has 0 unspecified atom stereocenters. The number of hydrogen-bond acceptors (Lipinski definition) is 2. The molecule has 0 bridgehead atoms. The van der Waals surface area contributed by atoms with Crippen molar-refractivity contribution >= 4 is 37.8 Å². The molecule has 0 aromatic heterocycles. The van der Waals surface area contributed by atoms with Crippen molar-refractivity contribution in [3.8, 4) is 0 Å². The first kappa shape index (κ1) is 14.9. The quantitative estimate of drug-likeness (QED) is 0.799. The van der Waals surface area contributed by atoms with Gasteiger partial charge in [0.15, 0.2) is 0 Å². The first-order chi connectivity index (χ1) is 9.06. The third kappa shape index (κ3) is 3.55. The number of benzene rings is 1. The van der Waals surface area contributed by atoms with E-state index in [9.17, 15) is 9.18 Å². The van der Waals surface area contributed by atoms with Crippen LogP contribution in [0.25, 0.3) is 0 Å². The molecule has 104 valence electrons. The Morgan fingerprint density at radius 2 is 2.11 bits per heavy atom. The highest BCUT2D eigenvalue weighted by Crippen LogP contribution is 2.24. The highest BCUT2D eigenvalue weighted by atomic mass is 79.9. The van der Waals surface area contributed by atoms with Gasteiger partial charge in [0.25, 0.3) is 5.91 Å². The molecule has 0 atom stereocenters. The molecule has 1 aliphatic heterocycles. The van der Waals surface area contributed by atoms with Gasteiger partial charge in [-0.2, -0.15) is 0 Å². The van der Waals surface area contributed by atoms with Gasteiger partial charge in [0.2, 0.25) is 0 Å². The molecular weight excluding hydrogens is 381 g/mol. The van der Waals surface area contributed by atoms with Crippen LogP contribution in [-0.2, 0) is 4.74 Å². The van der Waals surface area contributed by atoms with Crippen molar-refractivity contribution in [2.45, 2.75) is 18.4 Å². The van der Waals surface area contributed by atoms with Crippen LogP contribution in [0.1, 0.15) is 23.2 Å². The standard InChI is InChI=1S/C13H14Br2FNO2/c14-8-13(3-5-19-6-4-13)17-12(18)10-2-1-9(15)7-11(10)16/h1-2,7H,3-6,8H2,(H,17,18). The molecule has 0 aliphatic carbocycles. The van der Waals surface area contributed by atoms with Crippen molar-refractivity contribution in [3.63, 3.8) is 0 Å². The van der Waals surface area contributed by atoms with Crippen LogP contribution in [0.4, 0.5) is 4.39 Å². The largest absolute Gasteiger partial charge is 0.381 e. The lowest BCUT2D eigenvalue weighted by atomic mass is 9.92. The molecule has 1 aliphatic rings. The normalized spacial score (nSPS) is 18.1. The van der Waals surface area contributed by atoms with E-state index in [-0.39, 0.29) is 17.0 Å². The van der Waals surface area contributed by atoms with Crippen LogP contribution in [-0.4, -0.2) is 30.0 Å². The van der Waals surface area contributed by atoms with E-state index >= 15 is 0 Å². The van der Waals surface area contributed by atoms with Gasteiger partial charge < -0.3 is 10.1 Å². The zero-order chi connectivity index (χ0) is 13.9. The number of nitrogens with one attached hydrogen (secondary N) is 1. The maximum absolute atomic E-state index is 13.8. The highest BCUT2D eigenvalue weighted by Gasteiger charge is 2.33. The molecule has 1 N–H and O–H groups in total. The summed E-state index contributed by atoms with van der Waals surface area (Å²) in [6.45, 7) is 1.21. The molecule has 3 nitrogen and oxygen atoms in total. The number of ether oxygens (including phenoxy) is 1. The van der Waals surface area contributed by atoms with E-state index in [1.165, 1.54) is 12.1 Å². The van der Waals surface area contributed by atoms with Crippen molar-refractivity contribution in [3.05, 3.63) is 34.1 Å². The van der Waals surface area contributed by atoms with Gasteiger partial charge in [0.1, 0.15) is 5.82 Å². The third-order valence-corrected chi connectivity index (χ3v) is 4.83. The fraction of sp³-hybridized carbons (Fsp3) is 0.462. The molecule has 1 fully saturated rings. The van der Waals surface area contributed by atoms with Crippen molar-refractivity contribution in [1.82, 2.24) is 5.32 Å². The number of alkyl halides is 1. The van der Waals surface area contributed by atoms with Gasteiger partial charge in [-0.15, -0.1) is 0 Å². The number of halogens is 3. The van der Waals surface area contributed by atoms with Gasteiger partial charge >= 0.3 is 0 Å². The molecule has 0 spiro atoms. The van der Waals surface area contributed by atoms with Gasteiger partial charge in [-0.05, 0) is 31.0 Å². The Balaban J connectivity index is 2.15. The van der Waals surface area contributed by atoms with Crippen LogP contribution in [0.15, 0.2) is 22.7 Å². The minimum absolute atomic E-state index is 0.0648. The second-order valence-electron chi connectivity index (χ2n) is 4.60. The van der Waals surface area contributed by atoms with Crippen molar-refractivity contribution in [1.29, 1.82) is 0 Å². The van der Waals surface area contributed by atoms with E-state index in [0.717, 1.165) is 12.8 Å². The van der Waals surface area contributed by atoms with Crippen LogP contribution in [0, 0.1) is 5.82 Å². The fourth-order valence-corrected chi connectivity index (χ4v) is 3.07. The number of rotatable bonds is 3. The lowest BCUT2D eigenvalue weighted by Crippen LogP contribution is -2.53. The van der Waals surface area contributed by atoms with Crippen molar-refractivity contribution in [2.24, 2.45) is 0 Å². The van der Waals surface area contributed by atoms with E-state index in [1.54, 1.807) is 6.07 Å². The number of amides is 1. The Hall–Kier alpha value is -0.460. The monoisotopic (exact) mass is 393 g/mol. The van der Waals surface area contributed by atoms with Gasteiger partial charge in [0, 0.05) is 23.0 Å². The summed E-state index contributed by atoms with van der Waals surface area (Å²) in [5.41, 5.74) is -0.288. The average molecular weight is 395 g/mol. The van der Waals surface area contributed by atoms with Crippen LogP contribution >= 0.6 is 31.9 Å². The summed E-state index contributed by atoms with van der Waals surface area (Å²) in [6.07, 6.45) is 1.45. The molecule has 6 heteroatoms. The molecule has 0 radical (unpaired) electrons. The average Bonchev–Trinajstić information content (AvgIpc) is 2.39. The molecule has 2 rings (SSSR count). The Morgan fingerprint density at radius 3 is 2.68 bits per heavy atom. The number of carbonyl (C=O) groups is 1. The Bertz CT molecular complexity index is 476. The molecule has 1 aromatic carbocycles. The molecule has 1 aromatic rings. The predicted octanol–water partition coefficient (Wildman–Crippen LogP) is 3.26. The SMILES string of the molecule is O=C(NC1(CBr)CCOCC1)c1ccc(Br)cc1F. The van der Waals surface area contributed by atoms with Crippen LogP contribution in [0.2, 0.25) is 0 Å². The Morgan fingerprint density at radius 1 is 1.42 bits per heavy atom. The lowest BCUT2D eigenvalue weighted by Gasteiger charge is -2.36. The fourth-order valence-electron chi connectivity index (χ4n) is 2.04. The first-order valence-corrected chi connectivity index (χ1v) is 7.89. The van der Waals surface area contributed by atoms with Crippen molar-refractivity contribution in [2.75, 3.05) is 18.5 Å². The van der Waals surface area contributed by atoms with E-state index in [4.69, 9.17) is 4.74 Å². The molecule has 1 amide bonds. The summed E-state index contributed by atoms with van der Waals surface area (Å²) in [5.74, 6) is -0.907. The highest BCUT2D eigenvalue weighted by molar-refractivity contribution is 9.10. The minimum atomic E-state index is -0.524. The summed E-state index contributed by atoms with van der Waals surface area (Å²) in [5, 5.41) is 3.57.